The molecule has 0 aromatic heterocycles. The molecule has 1 fully saturated rings. The lowest BCUT2D eigenvalue weighted by molar-refractivity contribution is -0.128. The third-order valence-corrected chi connectivity index (χ3v) is 3.28. The number of carbonyl (C=O) groups excluding carboxylic acids is 2. The lowest BCUT2D eigenvalue weighted by atomic mass is 10.0. The fraction of sp³-hybridized carbons (Fsp3) is 0.312. The number of amides is 2. The molecular weight excluding hydrogens is 284 g/mol. The molecule has 0 aromatic carbocycles. The number of nitrogens with one attached hydrogen (secondary N) is 1. The first kappa shape index (κ1) is 17.0. The number of hydrogen-bond acceptors (Lipinski definition) is 3. The molecule has 1 heterocycles. The molecule has 5 heteroatoms. The molecule has 4 nitrogen and oxygen atoms in total. The molecule has 0 aromatic rings. The minimum atomic E-state index is -0.463. The van der Waals surface area contributed by atoms with Crippen LogP contribution in [0.2, 0.25) is 0 Å². The standard InChI is InChI=1S/C16H20N2O2S/c1-5-7-11(3)9-12(4)10-13-14(19)17-16(21)18(8-6-2)15(13)20/h5-6,9-11H,1-2,7-8H2,3-4H3,(H,17,19,21). The molecule has 1 saturated heterocycles. The van der Waals surface area contributed by atoms with Gasteiger partial charge in [-0.15, -0.1) is 13.2 Å². The lowest BCUT2D eigenvalue weighted by Crippen LogP contribution is -2.53. The summed E-state index contributed by atoms with van der Waals surface area (Å²) in [7, 11) is 0. The van der Waals surface area contributed by atoms with Crippen LogP contribution >= 0.6 is 12.2 Å². The Bertz CT molecular complexity index is 546. The van der Waals surface area contributed by atoms with Gasteiger partial charge in [0.2, 0.25) is 0 Å². The summed E-state index contributed by atoms with van der Waals surface area (Å²) in [6, 6.07) is 0. The first-order valence-corrected chi connectivity index (χ1v) is 7.10. The van der Waals surface area contributed by atoms with Crippen molar-refractivity contribution in [1.29, 1.82) is 0 Å². The third-order valence-electron chi connectivity index (χ3n) is 2.96. The van der Waals surface area contributed by atoms with Crippen molar-refractivity contribution in [2.75, 3.05) is 6.54 Å². The van der Waals surface area contributed by atoms with Gasteiger partial charge in [0.1, 0.15) is 5.57 Å². The van der Waals surface area contributed by atoms with Gasteiger partial charge >= 0.3 is 0 Å². The summed E-state index contributed by atoms with van der Waals surface area (Å²) in [5, 5.41) is 2.63. The first-order chi connectivity index (χ1) is 9.90. The van der Waals surface area contributed by atoms with Gasteiger partial charge in [0.05, 0.1) is 0 Å². The zero-order valence-corrected chi connectivity index (χ0v) is 13.2. The van der Waals surface area contributed by atoms with E-state index in [2.05, 4.69) is 18.5 Å². The molecular formula is C16H20N2O2S. The molecule has 0 spiro atoms. The van der Waals surface area contributed by atoms with Crippen LogP contribution in [0, 0.1) is 5.92 Å². The number of thiocarbonyl (C=S) groups is 1. The zero-order chi connectivity index (χ0) is 16.0. The topological polar surface area (TPSA) is 49.4 Å². The molecule has 0 aliphatic carbocycles. The van der Waals surface area contributed by atoms with Crippen LogP contribution in [0.1, 0.15) is 20.3 Å². The third kappa shape index (κ3) is 4.49. The van der Waals surface area contributed by atoms with Crippen molar-refractivity contribution in [2.24, 2.45) is 5.92 Å². The van der Waals surface area contributed by atoms with E-state index in [-0.39, 0.29) is 17.2 Å². The van der Waals surface area contributed by atoms with E-state index in [1.54, 1.807) is 12.2 Å². The summed E-state index contributed by atoms with van der Waals surface area (Å²) in [4.78, 5) is 25.5. The van der Waals surface area contributed by atoms with Gasteiger partial charge in [-0.05, 0) is 37.6 Å². The lowest BCUT2D eigenvalue weighted by Gasteiger charge is -2.27. The second-order valence-corrected chi connectivity index (χ2v) is 5.32. The van der Waals surface area contributed by atoms with Crippen LogP contribution in [-0.2, 0) is 9.59 Å². The number of carbonyl (C=O) groups is 2. The Morgan fingerprint density at radius 1 is 1.38 bits per heavy atom. The molecule has 1 N–H and O–H groups in total. The maximum absolute atomic E-state index is 12.3. The molecule has 2 amide bonds. The molecule has 112 valence electrons. The quantitative estimate of drug-likeness (QED) is 0.355. The first-order valence-electron chi connectivity index (χ1n) is 6.69. The Morgan fingerprint density at radius 3 is 2.62 bits per heavy atom. The van der Waals surface area contributed by atoms with Crippen LogP contribution < -0.4 is 5.32 Å². The van der Waals surface area contributed by atoms with E-state index in [1.807, 2.05) is 26.0 Å². The highest BCUT2D eigenvalue weighted by atomic mass is 32.1. The molecule has 1 aliphatic rings. The molecule has 0 radical (unpaired) electrons. The van der Waals surface area contributed by atoms with E-state index >= 15 is 0 Å². The van der Waals surface area contributed by atoms with Crippen molar-refractivity contribution < 1.29 is 9.59 Å². The summed E-state index contributed by atoms with van der Waals surface area (Å²) < 4.78 is 0. The van der Waals surface area contributed by atoms with Gasteiger partial charge in [-0.25, -0.2) is 0 Å². The summed E-state index contributed by atoms with van der Waals surface area (Å²) in [6.45, 7) is 11.5. The van der Waals surface area contributed by atoms with Crippen LogP contribution in [0.3, 0.4) is 0 Å². The normalized spacial score (nSPS) is 19.5. The number of rotatable bonds is 6. The molecule has 1 aliphatic heterocycles. The molecule has 1 rings (SSSR count). The van der Waals surface area contributed by atoms with Crippen LogP contribution in [0.15, 0.2) is 48.6 Å². The molecule has 1 unspecified atom stereocenters. The van der Waals surface area contributed by atoms with E-state index in [4.69, 9.17) is 12.2 Å². The van der Waals surface area contributed by atoms with Gasteiger partial charge < -0.3 is 0 Å². The van der Waals surface area contributed by atoms with Crippen molar-refractivity contribution in [1.82, 2.24) is 10.2 Å². The van der Waals surface area contributed by atoms with Crippen LogP contribution in [-0.4, -0.2) is 28.4 Å². The summed E-state index contributed by atoms with van der Waals surface area (Å²) in [5.74, 6) is -0.561. The fourth-order valence-electron chi connectivity index (χ4n) is 2.04. The van der Waals surface area contributed by atoms with Crippen LogP contribution in [0.5, 0.6) is 0 Å². The summed E-state index contributed by atoms with van der Waals surface area (Å²) in [5.41, 5.74) is 0.944. The minimum absolute atomic E-state index is 0.0880. The maximum Gasteiger partial charge on any atom is 0.265 e. The average Bonchev–Trinajstić information content (AvgIpc) is 2.39. The van der Waals surface area contributed by atoms with Gasteiger partial charge in [0, 0.05) is 6.54 Å². The Kier molecular flexibility index (Phi) is 6.24. The highest BCUT2D eigenvalue weighted by Crippen LogP contribution is 2.15. The van der Waals surface area contributed by atoms with E-state index < -0.39 is 11.8 Å². The SMILES string of the molecule is C=CCC(C)C=C(C)C=C1C(=O)NC(=S)N(CC=C)C1=O. The fourth-order valence-corrected chi connectivity index (χ4v) is 2.29. The monoisotopic (exact) mass is 304 g/mol. The Morgan fingerprint density at radius 2 is 2.05 bits per heavy atom. The second kappa shape index (κ2) is 7.69. The van der Waals surface area contributed by atoms with E-state index in [9.17, 15) is 9.59 Å². The predicted molar refractivity (Wildman–Crippen MR) is 88.5 cm³/mol. The molecule has 21 heavy (non-hydrogen) atoms. The van der Waals surface area contributed by atoms with Crippen LogP contribution in [0.25, 0.3) is 0 Å². The van der Waals surface area contributed by atoms with Crippen molar-refractivity contribution in [3.8, 4) is 0 Å². The predicted octanol–water partition coefficient (Wildman–Crippen LogP) is 2.50. The molecule has 0 bridgehead atoms. The molecule has 0 saturated carbocycles. The van der Waals surface area contributed by atoms with Crippen molar-refractivity contribution in [2.45, 2.75) is 20.3 Å². The minimum Gasteiger partial charge on any atom is -0.298 e. The van der Waals surface area contributed by atoms with Crippen molar-refractivity contribution >= 4 is 29.1 Å². The Hall–Kier alpha value is -2.01. The average molecular weight is 304 g/mol. The highest BCUT2D eigenvalue weighted by molar-refractivity contribution is 7.80. The summed E-state index contributed by atoms with van der Waals surface area (Å²) in [6.07, 6.45) is 7.83. The van der Waals surface area contributed by atoms with Gasteiger partial charge in [-0.1, -0.05) is 30.7 Å². The van der Waals surface area contributed by atoms with Gasteiger partial charge in [0.25, 0.3) is 11.8 Å². The van der Waals surface area contributed by atoms with E-state index in [0.29, 0.717) is 5.92 Å². The largest absolute Gasteiger partial charge is 0.298 e. The number of allylic oxidation sites excluding steroid dienone is 4. The Balaban J connectivity index is 3.03. The molecule has 1 atom stereocenters. The van der Waals surface area contributed by atoms with Crippen LogP contribution in [0.4, 0.5) is 0 Å². The smallest absolute Gasteiger partial charge is 0.265 e. The van der Waals surface area contributed by atoms with Gasteiger partial charge in [-0.2, -0.15) is 0 Å². The van der Waals surface area contributed by atoms with Gasteiger partial charge in [0.15, 0.2) is 5.11 Å². The van der Waals surface area contributed by atoms with Crippen molar-refractivity contribution in [3.05, 3.63) is 48.6 Å². The zero-order valence-electron chi connectivity index (χ0n) is 12.4. The van der Waals surface area contributed by atoms with Gasteiger partial charge in [-0.3, -0.25) is 19.8 Å². The van der Waals surface area contributed by atoms with Crippen molar-refractivity contribution in [3.63, 3.8) is 0 Å². The highest BCUT2D eigenvalue weighted by Gasteiger charge is 2.32. The number of nitrogens with zero attached hydrogens (tertiary/aromatic N) is 1. The Labute approximate surface area is 130 Å². The maximum atomic E-state index is 12.3. The second-order valence-electron chi connectivity index (χ2n) is 4.93. The van der Waals surface area contributed by atoms with E-state index in [0.717, 1.165) is 12.0 Å². The summed E-state index contributed by atoms with van der Waals surface area (Å²) >= 11 is 4.99. The number of hydrogen-bond donors (Lipinski definition) is 1. The van der Waals surface area contributed by atoms with E-state index in [1.165, 1.54) is 4.90 Å².